The predicted molar refractivity (Wildman–Crippen MR) is 69.3 cm³/mol. The molecule has 0 bridgehead atoms. The van der Waals surface area contributed by atoms with E-state index in [0.717, 1.165) is 15.6 Å². The van der Waals surface area contributed by atoms with Crippen molar-refractivity contribution < 1.29 is 9.90 Å². The van der Waals surface area contributed by atoms with Gasteiger partial charge in [0.25, 0.3) is 0 Å². The monoisotopic (exact) mass is 280 g/mol. The van der Waals surface area contributed by atoms with Crippen molar-refractivity contribution in [3.8, 4) is 0 Å². The number of nitrogens with zero attached hydrogens (tertiary/aromatic N) is 2. The van der Waals surface area contributed by atoms with E-state index in [1.165, 1.54) is 24.2 Å². The normalized spacial score (nSPS) is 10.3. The van der Waals surface area contributed by atoms with E-state index in [-0.39, 0.29) is 10.6 Å². The van der Waals surface area contributed by atoms with Crippen LogP contribution in [0.25, 0.3) is 0 Å². The predicted octanol–water partition coefficient (Wildman–Crippen LogP) is 3.29. The maximum Gasteiger partial charge on any atom is 0.337 e. The Morgan fingerprint density at radius 1 is 1.33 bits per heavy atom. The van der Waals surface area contributed by atoms with Crippen molar-refractivity contribution >= 4 is 29.3 Å². The Balaban J connectivity index is 2.30. The van der Waals surface area contributed by atoms with Crippen molar-refractivity contribution in [2.75, 3.05) is 0 Å². The number of aromatic nitrogens is 2. The van der Waals surface area contributed by atoms with Gasteiger partial charge in [0.1, 0.15) is 11.4 Å². The number of hydrogen-bond acceptors (Lipinski definition) is 4. The molecule has 1 aromatic carbocycles. The number of halogens is 1. The first kappa shape index (κ1) is 12.9. The molecule has 2 rings (SSSR count). The van der Waals surface area contributed by atoms with Crippen LogP contribution < -0.4 is 0 Å². The molecule has 0 aliphatic carbocycles. The zero-order chi connectivity index (χ0) is 13.1. The van der Waals surface area contributed by atoms with E-state index in [1.807, 2.05) is 13.0 Å². The molecule has 92 valence electrons. The van der Waals surface area contributed by atoms with E-state index >= 15 is 0 Å². The van der Waals surface area contributed by atoms with Gasteiger partial charge in [0.15, 0.2) is 0 Å². The minimum Gasteiger partial charge on any atom is -0.478 e. The number of carboxylic acid groups (broad SMARTS) is 1. The van der Waals surface area contributed by atoms with E-state index in [4.69, 9.17) is 16.7 Å². The Kier molecular flexibility index (Phi) is 3.84. The lowest BCUT2D eigenvalue weighted by atomic mass is 10.2. The standard InChI is InChI=1S/C12H9ClN2O2S/c1-7-4-11(15-6-14-7)18-8-2-3-10(13)9(5-8)12(16)17/h2-6H,1H3,(H,16,17). The van der Waals surface area contributed by atoms with Gasteiger partial charge < -0.3 is 5.11 Å². The fourth-order valence-electron chi connectivity index (χ4n) is 1.34. The maximum absolute atomic E-state index is 11.0. The minimum absolute atomic E-state index is 0.0902. The molecule has 0 unspecified atom stereocenters. The number of hydrogen-bond donors (Lipinski definition) is 1. The van der Waals surface area contributed by atoms with Crippen LogP contribution in [0.5, 0.6) is 0 Å². The smallest absolute Gasteiger partial charge is 0.337 e. The van der Waals surface area contributed by atoms with Crippen molar-refractivity contribution in [3.63, 3.8) is 0 Å². The van der Waals surface area contributed by atoms with Crippen LogP contribution in [0.1, 0.15) is 16.1 Å². The van der Waals surface area contributed by atoms with Crippen LogP contribution >= 0.6 is 23.4 Å². The Bertz CT molecular complexity index is 604. The average Bonchev–Trinajstić information content (AvgIpc) is 2.31. The summed E-state index contributed by atoms with van der Waals surface area (Å²) in [5.74, 6) is -1.04. The molecule has 0 saturated heterocycles. The molecule has 0 saturated carbocycles. The Labute approximate surface area is 113 Å². The van der Waals surface area contributed by atoms with Gasteiger partial charge in [0, 0.05) is 10.6 Å². The summed E-state index contributed by atoms with van der Waals surface area (Å²) in [5, 5.41) is 9.97. The van der Waals surface area contributed by atoms with Gasteiger partial charge in [-0.25, -0.2) is 14.8 Å². The molecule has 0 atom stereocenters. The summed E-state index contributed by atoms with van der Waals surface area (Å²) in [6, 6.07) is 6.70. The number of carboxylic acids is 1. The fraction of sp³-hybridized carbons (Fsp3) is 0.0833. The minimum atomic E-state index is -1.04. The summed E-state index contributed by atoms with van der Waals surface area (Å²) in [5.41, 5.74) is 0.951. The van der Waals surface area contributed by atoms with Crippen molar-refractivity contribution in [1.82, 2.24) is 9.97 Å². The maximum atomic E-state index is 11.0. The van der Waals surface area contributed by atoms with Gasteiger partial charge in [0.05, 0.1) is 10.6 Å². The lowest BCUT2D eigenvalue weighted by Gasteiger charge is -2.04. The van der Waals surface area contributed by atoms with Crippen LogP contribution in [-0.2, 0) is 0 Å². The Hall–Kier alpha value is -1.59. The van der Waals surface area contributed by atoms with Gasteiger partial charge in [-0.15, -0.1) is 0 Å². The molecule has 0 spiro atoms. The summed E-state index contributed by atoms with van der Waals surface area (Å²) >= 11 is 7.17. The zero-order valence-electron chi connectivity index (χ0n) is 9.42. The lowest BCUT2D eigenvalue weighted by molar-refractivity contribution is 0.0697. The van der Waals surface area contributed by atoms with Crippen LogP contribution in [0.4, 0.5) is 0 Å². The topological polar surface area (TPSA) is 63.1 Å². The van der Waals surface area contributed by atoms with E-state index in [2.05, 4.69) is 9.97 Å². The first-order valence-corrected chi connectivity index (χ1v) is 6.25. The van der Waals surface area contributed by atoms with Gasteiger partial charge in [-0.2, -0.15) is 0 Å². The second-order valence-electron chi connectivity index (χ2n) is 3.55. The molecule has 18 heavy (non-hydrogen) atoms. The van der Waals surface area contributed by atoms with Crippen LogP contribution in [0.15, 0.2) is 40.5 Å². The molecular weight excluding hydrogens is 272 g/mol. The third-order valence-corrected chi connectivity index (χ3v) is 3.42. The molecule has 1 N–H and O–H groups in total. The Morgan fingerprint density at radius 3 is 2.78 bits per heavy atom. The van der Waals surface area contributed by atoms with Crippen molar-refractivity contribution in [2.24, 2.45) is 0 Å². The molecule has 0 aliphatic heterocycles. The molecule has 0 radical (unpaired) electrons. The van der Waals surface area contributed by atoms with Crippen LogP contribution in [0.3, 0.4) is 0 Å². The SMILES string of the molecule is Cc1cc(Sc2ccc(Cl)c(C(=O)O)c2)ncn1. The second kappa shape index (κ2) is 5.37. The van der Waals surface area contributed by atoms with Crippen LogP contribution in [0, 0.1) is 6.92 Å². The van der Waals surface area contributed by atoms with Gasteiger partial charge in [-0.3, -0.25) is 0 Å². The molecule has 2 aromatic rings. The Morgan fingerprint density at radius 2 is 2.11 bits per heavy atom. The molecule has 1 heterocycles. The summed E-state index contributed by atoms with van der Waals surface area (Å²) in [6.45, 7) is 1.87. The summed E-state index contributed by atoms with van der Waals surface area (Å²) in [7, 11) is 0. The fourth-order valence-corrected chi connectivity index (χ4v) is 2.42. The van der Waals surface area contributed by atoms with Gasteiger partial charge in [-0.1, -0.05) is 23.4 Å². The quantitative estimate of drug-likeness (QED) is 0.874. The number of benzene rings is 1. The molecule has 0 fully saturated rings. The van der Waals surface area contributed by atoms with E-state index in [0.29, 0.717) is 0 Å². The molecular formula is C12H9ClN2O2S. The summed E-state index contributed by atoms with van der Waals surface area (Å²) in [4.78, 5) is 19.8. The van der Waals surface area contributed by atoms with Crippen molar-refractivity contribution in [2.45, 2.75) is 16.8 Å². The van der Waals surface area contributed by atoms with Crippen molar-refractivity contribution in [1.29, 1.82) is 0 Å². The van der Waals surface area contributed by atoms with E-state index in [9.17, 15) is 4.79 Å². The van der Waals surface area contributed by atoms with Crippen LogP contribution in [-0.4, -0.2) is 21.0 Å². The van der Waals surface area contributed by atoms with Gasteiger partial charge in [0.2, 0.25) is 0 Å². The highest BCUT2D eigenvalue weighted by Gasteiger charge is 2.10. The molecule has 0 amide bonds. The first-order valence-electron chi connectivity index (χ1n) is 5.05. The zero-order valence-corrected chi connectivity index (χ0v) is 11.0. The third-order valence-electron chi connectivity index (χ3n) is 2.17. The summed E-state index contributed by atoms with van der Waals surface area (Å²) < 4.78 is 0. The molecule has 6 heteroatoms. The number of aryl methyl sites for hydroxylation is 1. The number of rotatable bonds is 3. The lowest BCUT2D eigenvalue weighted by Crippen LogP contribution is -1.97. The van der Waals surface area contributed by atoms with Crippen LogP contribution in [0.2, 0.25) is 5.02 Å². The summed E-state index contributed by atoms with van der Waals surface area (Å²) in [6.07, 6.45) is 1.48. The highest BCUT2D eigenvalue weighted by atomic mass is 35.5. The molecule has 1 aromatic heterocycles. The van der Waals surface area contributed by atoms with E-state index in [1.54, 1.807) is 12.1 Å². The highest BCUT2D eigenvalue weighted by Crippen LogP contribution is 2.29. The third kappa shape index (κ3) is 3.00. The van der Waals surface area contributed by atoms with Gasteiger partial charge >= 0.3 is 5.97 Å². The average molecular weight is 281 g/mol. The van der Waals surface area contributed by atoms with E-state index < -0.39 is 5.97 Å². The van der Waals surface area contributed by atoms with Gasteiger partial charge in [-0.05, 0) is 31.2 Å². The second-order valence-corrected chi connectivity index (χ2v) is 5.05. The number of aromatic carboxylic acids is 1. The van der Waals surface area contributed by atoms with Crippen molar-refractivity contribution in [3.05, 3.63) is 46.9 Å². The number of carbonyl (C=O) groups is 1. The molecule has 4 nitrogen and oxygen atoms in total. The first-order chi connectivity index (χ1) is 8.56. The largest absolute Gasteiger partial charge is 0.478 e. The highest BCUT2D eigenvalue weighted by molar-refractivity contribution is 7.99. The molecule has 0 aliphatic rings.